The number of aromatic hydroxyl groups is 1. The third kappa shape index (κ3) is 1.32. The molecule has 0 radical (unpaired) electrons. The molecule has 3 rings (SSSR count). The molecule has 1 aromatic heterocycles. The molecule has 0 fully saturated rings. The van der Waals surface area contributed by atoms with Crippen LogP contribution in [0.1, 0.15) is 11.1 Å². The van der Waals surface area contributed by atoms with Gasteiger partial charge in [-0.05, 0) is 44.1 Å². The molecule has 0 aliphatic heterocycles. The van der Waals surface area contributed by atoms with Crippen LogP contribution in [0.2, 0.25) is 0 Å². The number of benzene rings is 1. The van der Waals surface area contributed by atoms with E-state index >= 15 is 0 Å². The average Bonchev–Trinajstić information content (AvgIpc) is 2.62. The quantitative estimate of drug-likeness (QED) is 0.764. The Balaban J connectivity index is 2.18. The third-order valence-corrected chi connectivity index (χ3v) is 3.57. The zero-order valence-electron chi connectivity index (χ0n) is 9.62. The molecule has 1 unspecified atom stereocenters. The third-order valence-electron chi connectivity index (χ3n) is 3.57. The van der Waals surface area contributed by atoms with Crippen molar-refractivity contribution in [1.82, 2.24) is 9.88 Å². The summed E-state index contributed by atoms with van der Waals surface area (Å²) in [7, 11) is 4.23. The highest BCUT2D eigenvalue weighted by molar-refractivity contribution is 5.88. The minimum absolute atomic E-state index is 0.357. The number of likely N-dealkylation sites (N-methyl/N-ethyl adjacent to an activating group) is 1. The van der Waals surface area contributed by atoms with Gasteiger partial charge in [-0.1, -0.05) is 0 Å². The highest BCUT2D eigenvalue weighted by Gasteiger charge is 2.23. The molecule has 1 aromatic carbocycles. The Morgan fingerprint density at radius 1 is 1.25 bits per heavy atom. The Morgan fingerprint density at radius 2 is 2.00 bits per heavy atom. The van der Waals surface area contributed by atoms with E-state index in [0.717, 1.165) is 18.4 Å². The summed E-state index contributed by atoms with van der Waals surface area (Å²) in [5.74, 6) is 0.357. The van der Waals surface area contributed by atoms with Gasteiger partial charge in [-0.25, -0.2) is 0 Å². The van der Waals surface area contributed by atoms with E-state index < -0.39 is 0 Å². The largest absolute Gasteiger partial charge is 0.508 e. The second-order valence-corrected chi connectivity index (χ2v) is 4.87. The maximum absolute atomic E-state index is 9.67. The van der Waals surface area contributed by atoms with Crippen molar-refractivity contribution in [3.63, 3.8) is 0 Å². The second-order valence-electron chi connectivity index (χ2n) is 4.87. The van der Waals surface area contributed by atoms with Crippen molar-refractivity contribution in [3.8, 4) is 5.75 Å². The van der Waals surface area contributed by atoms with Gasteiger partial charge < -0.3 is 15.0 Å². The number of aromatic nitrogens is 1. The fourth-order valence-electron chi connectivity index (χ4n) is 2.68. The van der Waals surface area contributed by atoms with Crippen LogP contribution < -0.4 is 0 Å². The molecule has 1 heterocycles. The van der Waals surface area contributed by atoms with Gasteiger partial charge in [-0.2, -0.15) is 0 Å². The van der Waals surface area contributed by atoms with E-state index in [0.29, 0.717) is 11.8 Å². The molecule has 2 N–H and O–H groups in total. The molecule has 0 saturated heterocycles. The van der Waals surface area contributed by atoms with E-state index in [4.69, 9.17) is 0 Å². The molecular formula is C13H16N2O. The normalized spacial score (nSPS) is 19.6. The first-order valence-corrected chi connectivity index (χ1v) is 5.63. The molecule has 2 aromatic rings. The summed E-state index contributed by atoms with van der Waals surface area (Å²) in [4.78, 5) is 5.50. The summed E-state index contributed by atoms with van der Waals surface area (Å²) in [6.45, 7) is 0. The lowest BCUT2D eigenvalue weighted by molar-refractivity contribution is 0.287. The van der Waals surface area contributed by atoms with Crippen molar-refractivity contribution in [2.45, 2.75) is 18.9 Å². The van der Waals surface area contributed by atoms with Gasteiger partial charge in [0.1, 0.15) is 5.75 Å². The molecule has 0 saturated carbocycles. The smallest absolute Gasteiger partial charge is 0.117 e. The zero-order valence-corrected chi connectivity index (χ0v) is 9.62. The molecule has 3 heteroatoms. The predicted molar refractivity (Wildman–Crippen MR) is 64.8 cm³/mol. The zero-order chi connectivity index (χ0) is 11.3. The van der Waals surface area contributed by atoms with Crippen molar-refractivity contribution in [3.05, 3.63) is 29.5 Å². The van der Waals surface area contributed by atoms with Crippen molar-refractivity contribution >= 4 is 10.9 Å². The van der Waals surface area contributed by atoms with Crippen LogP contribution in [0.4, 0.5) is 0 Å². The fourth-order valence-corrected chi connectivity index (χ4v) is 2.68. The molecule has 16 heavy (non-hydrogen) atoms. The van der Waals surface area contributed by atoms with Gasteiger partial charge in [-0.15, -0.1) is 0 Å². The van der Waals surface area contributed by atoms with Crippen LogP contribution >= 0.6 is 0 Å². The Morgan fingerprint density at radius 3 is 2.75 bits per heavy atom. The number of nitrogens with zero attached hydrogens (tertiary/aromatic N) is 1. The lowest BCUT2D eigenvalue weighted by Gasteiger charge is -2.28. The number of hydrogen-bond acceptors (Lipinski definition) is 2. The Labute approximate surface area is 94.7 Å². The van der Waals surface area contributed by atoms with Crippen LogP contribution in [-0.2, 0) is 12.8 Å². The van der Waals surface area contributed by atoms with Gasteiger partial charge in [0.15, 0.2) is 0 Å². The molecule has 84 valence electrons. The molecule has 0 amide bonds. The van der Waals surface area contributed by atoms with Gasteiger partial charge in [0.25, 0.3) is 0 Å². The van der Waals surface area contributed by atoms with E-state index in [2.05, 4.69) is 30.2 Å². The Bertz CT molecular complexity index is 542. The first-order valence-electron chi connectivity index (χ1n) is 5.63. The Kier molecular flexibility index (Phi) is 1.98. The Hall–Kier alpha value is -1.48. The molecule has 1 aliphatic rings. The van der Waals surface area contributed by atoms with Crippen molar-refractivity contribution in [1.29, 1.82) is 0 Å². The van der Waals surface area contributed by atoms with E-state index in [1.165, 1.54) is 16.5 Å². The van der Waals surface area contributed by atoms with E-state index in [1.807, 2.05) is 6.07 Å². The van der Waals surface area contributed by atoms with Gasteiger partial charge in [0, 0.05) is 29.2 Å². The van der Waals surface area contributed by atoms with Gasteiger partial charge in [0.2, 0.25) is 0 Å². The molecule has 0 bridgehead atoms. The van der Waals surface area contributed by atoms with Crippen molar-refractivity contribution in [2.75, 3.05) is 14.1 Å². The van der Waals surface area contributed by atoms with E-state index in [-0.39, 0.29) is 0 Å². The van der Waals surface area contributed by atoms with E-state index in [9.17, 15) is 5.11 Å². The number of hydrogen-bond donors (Lipinski definition) is 2. The van der Waals surface area contributed by atoms with Gasteiger partial charge in [0.05, 0.1) is 0 Å². The molecule has 1 aliphatic carbocycles. The predicted octanol–water partition coefficient (Wildman–Crippen LogP) is 1.90. The lowest BCUT2D eigenvalue weighted by atomic mass is 9.88. The number of phenols is 1. The topological polar surface area (TPSA) is 39.3 Å². The SMILES string of the molecule is CN(C)C1Cc2c[nH]c3cc(O)cc(c23)C1. The first kappa shape index (κ1) is 9.73. The number of rotatable bonds is 1. The van der Waals surface area contributed by atoms with Crippen molar-refractivity contribution < 1.29 is 5.11 Å². The summed E-state index contributed by atoms with van der Waals surface area (Å²) in [6, 6.07) is 4.24. The standard InChI is InChI=1S/C13H16N2O/c1-15(2)10-3-8-5-11(16)6-12-13(8)9(4-10)7-14-12/h5-7,10,14,16H,3-4H2,1-2H3. The molecular weight excluding hydrogens is 200 g/mol. The monoisotopic (exact) mass is 216 g/mol. The van der Waals surface area contributed by atoms with Crippen LogP contribution in [0.5, 0.6) is 5.75 Å². The summed E-state index contributed by atoms with van der Waals surface area (Å²) in [5, 5.41) is 11.0. The summed E-state index contributed by atoms with van der Waals surface area (Å²) in [5.41, 5.74) is 3.69. The summed E-state index contributed by atoms with van der Waals surface area (Å²) >= 11 is 0. The number of phenolic OH excluding ortho intramolecular Hbond substituents is 1. The van der Waals surface area contributed by atoms with Crippen LogP contribution in [0.25, 0.3) is 10.9 Å². The van der Waals surface area contributed by atoms with E-state index in [1.54, 1.807) is 6.07 Å². The first-order chi connectivity index (χ1) is 7.65. The highest BCUT2D eigenvalue weighted by Crippen LogP contribution is 2.33. The van der Waals surface area contributed by atoms with Crippen LogP contribution in [0.3, 0.4) is 0 Å². The fraction of sp³-hybridized carbons (Fsp3) is 0.385. The van der Waals surface area contributed by atoms with Gasteiger partial charge in [-0.3, -0.25) is 0 Å². The summed E-state index contributed by atoms with van der Waals surface area (Å²) in [6.07, 6.45) is 4.18. The number of H-pyrrole nitrogens is 1. The minimum atomic E-state index is 0.357. The van der Waals surface area contributed by atoms with Gasteiger partial charge >= 0.3 is 0 Å². The van der Waals surface area contributed by atoms with Crippen LogP contribution in [0.15, 0.2) is 18.3 Å². The van der Waals surface area contributed by atoms with Crippen LogP contribution in [-0.4, -0.2) is 35.1 Å². The highest BCUT2D eigenvalue weighted by atomic mass is 16.3. The molecule has 0 spiro atoms. The average molecular weight is 216 g/mol. The lowest BCUT2D eigenvalue weighted by Crippen LogP contribution is -2.33. The summed E-state index contributed by atoms with van der Waals surface area (Å²) < 4.78 is 0. The minimum Gasteiger partial charge on any atom is -0.508 e. The maximum atomic E-state index is 9.67. The maximum Gasteiger partial charge on any atom is 0.117 e. The van der Waals surface area contributed by atoms with Crippen molar-refractivity contribution in [2.24, 2.45) is 0 Å². The number of aromatic amines is 1. The second kappa shape index (κ2) is 3.25. The van der Waals surface area contributed by atoms with Crippen LogP contribution in [0, 0.1) is 0 Å². The number of nitrogens with one attached hydrogen (secondary N) is 1. The molecule has 3 nitrogen and oxygen atoms in total. The molecule has 1 atom stereocenters.